The van der Waals surface area contributed by atoms with Gasteiger partial charge in [-0.1, -0.05) is 54.6 Å². The minimum Gasteiger partial charge on any atom is -0.754 e. The second-order valence-corrected chi connectivity index (χ2v) is 13.0. The first kappa shape index (κ1) is 25.8. The van der Waals surface area contributed by atoms with Crippen molar-refractivity contribution < 1.29 is 18.3 Å². The molecule has 0 N–H and O–H groups in total. The van der Waals surface area contributed by atoms with E-state index in [0.29, 0.717) is 6.54 Å². The van der Waals surface area contributed by atoms with Crippen LogP contribution in [0.2, 0.25) is 0 Å². The number of hydrogen-bond acceptors (Lipinski definition) is 5. The van der Waals surface area contributed by atoms with Gasteiger partial charge in [-0.25, -0.2) is 0 Å². The summed E-state index contributed by atoms with van der Waals surface area (Å²) in [5.74, 6) is 0. The number of phosphoric ester groups is 1. The van der Waals surface area contributed by atoms with Gasteiger partial charge in [0.1, 0.15) is 15.9 Å². The molecule has 5 nitrogen and oxygen atoms in total. The molecule has 1 unspecified atom stereocenters. The van der Waals surface area contributed by atoms with E-state index in [2.05, 4.69) is 32.6 Å². The molecule has 0 aliphatic carbocycles. The first-order valence-corrected chi connectivity index (χ1v) is 14.4. The Labute approximate surface area is 198 Å². The molecular formula is C26H33NO4P2. The molecule has 0 radical (unpaired) electrons. The molecule has 0 aromatic heterocycles. The Hall–Kier alpha value is -1.84. The summed E-state index contributed by atoms with van der Waals surface area (Å²) in [6.07, 6.45) is 0. The van der Waals surface area contributed by atoms with Gasteiger partial charge in [0.05, 0.1) is 6.61 Å². The van der Waals surface area contributed by atoms with Crippen LogP contribution in [-0.2, 0) is 13.4 Å². The fourth-order valence-corrected chi connectivity index (χ4v) is 9.54. The Morgan fingerprint density at radius 1 is 0.758 bits per heavy atom. The fraction of sp³-hybridized carbons (Fsp3) is 0.308. The molecular weight excluding hydrogens is 452 g/mol. The maximum Gasteiger partial charge on any atom is 0.308 e. The van der Waals surface area contributed by atoms with Gasteiger partial charge in [0, 0.05) is 18.6 Å². The molecule has 0 aliphatic rings. The van der Waals surface area contributed by atoms with Gasteiger partial charge in [-0.3, -0.25) is 9.46 Å². The lowest BCUT2D eigenvalue weighted by molar-refractivity contribution is -0.216. The van der Waals surface area contributed by atoms with Crippen LogP contribution in [0, 0.1) is 0 Å². The molecule has 0 saturated carbocycles. The average molecular weight is 486 g/mol. The number of nitrogens with zero attached hydrogens (tertiary/aromatic N) is 1. The molecule has 3 aromatic rings. The quantitative estimate of drug-likeness (QED) is 0.374. The topological polar surface area (TPSA) is 61.8 Å². The minimum atomic E-state index is -4.65. The molecule has 33 heavy (non-hydrogen) atoms. The van der Waals surface area contributed by atoms with Crippen molar-refractivity contribution in [2.45, 2.75) is 39.8 Å². The zero-order valence-corrected chi connectivity index (χ0v) is 21.5. The molecule has 0 fully saturated rings. The summed E-state index contributed by atoms with van der Waals surface area (Å²) in [5.41, 5.74) is 0. The zero-order chi connectivity index (χ0) is 23.9. The SMILES string of the molecule is CC(C)N(CCOP(=O)([O-])O[P+](c1ccccc1)(c1ccccc1)c1ccccc1)C(C)C. The van der Waals surface area contributed by atoms with Crippen molar-refractivity contribution in [2.24, 2.45) is 0 Å². The molecule has 0 aliphatic heterocycles. The lowest BCUT2D eigenvalue weighted by Crippen LogP contribution is -2.39. The van der Waals surface area contributed by atoms with Gasteiger partial charge in [-0.15, -0.1) is 0 Å². The normalized spacial score (nSPS) is 14.1. The third kappa shape index (κ3) is 6.39. The molecule has 176 valence electrons. The van der Waals surface area contributed by atoms with E-state index in [-0.39, 0.29) is 18.7 Å². The lowest BCUT2D eigenvalue weighted by Gasteiger charge is -2.33. The van der Waals surface area contributed by atoms with Crippen molar-refractivity contribution in [2.75, 3.05) is 13.2 Å². The van der Waals surface area contributed by atoms with E-state index < -0.39 is 15.3 Å². The molecule has 0 amide bonds. The Morgan fingerprint density at radius 2 is 1.12 bits per heavy atom. The van der Waals surface area contributed by atoms with Crippen LogP contribution in [0.15, 0.2) is 91.0 Å². The summed E-state index contributed by atoms with van der Waals surface area (Å²) in [6.45, 7) is 8.89. The van der Waals surface area contributed by atoms with Crippen LogP contribution in [0.3, 0.4) is 0 Å². The van der Waals surface area contributed by atoms with Crippen molar-refractivity contribution in [3.8, 4) is 0 Å². The maximum absolute atomic E-state index is 13.3. The van der Waals surface area contributed by atoms with Crippen molar-refractivity contribution in [1.29, 1.82) is 0 Å². The van der Waals surface area contributed by atoms with Gasteiger partial charge < -0.3 is 9.42 Å². The first-order valence-electron chi connectivity index (χ1n) is 11.2. The second kappa shape index (κ2) is 11.5. The lowest BCUT2D eigenvalue weighted by atomic mass is 10.2. The second-order valence-electron chi connectivity index (χ2n) is 8.40. The smallest absolute Gasteiger partial charge is 0.308 e. The van der Waals surface area contributed by atoms with E-state index >= 15 is 0 Å². The van der Waals surface area contributed by atoms with Gasteiger partial charge in [0.25, 0.3) is 7.49 Å². The zero-order valence-electron chi connectivity index (χ0n) is 19.7. The van der Waals surface area contributed by atoms with E-state index in [1.807, 2.05) is 91.0 Å². The molecule has 3 rings (SSSR count). The summed E-state index contributed by atoms with van der Waals surface area (Å²) in [5, 5.41) is 2.44. The monoisotopic (exact) mass is 485 g/mol. The number of benzene rings is 3. The van der Waals surface area contributed by atoms with Gasteiger partial charge in [0.2, 0.25) is 0 Å². The van der Waals surface area contributed by atoms with Gasteiger partial charge in [-0.05, 0) is 64.1 Å². The highest BCUT2D eigenvalue weighted by atomic mass is 31.3. The third-order valence-electron chi connectivity index (χ3n) is 5.51. The highest BCUT2D eigenvalue weighted by Gasteiger charge is 2.51. The van der Waals surface area contributed by atoms with Crippen molar-refractivity contribution in [3.63, 3.8) is 0 Å². The van der Waals surface area contributed by atoms with Crippen LogP contribution >= 0.6 is 15.3 Å². The van der Waals surface area contributed by atoms with Crippen LogP contribution < -0.4 is 20.8 Å². The first-order chi connectivity index (χ1) is 15.8. The Bertz CT molecular complexity index is 925. The van der Waals surface area contributed by atoms with E-state index in [1.54, 1.807) is 0 Å². The summed E-state index contributed by atoms with van der Waals surface area (Å²) in [6, 6.07) is 29.2. The maximum atomic E-state index is 13.3. The Kier molecular flexibility index (Phi) is 9.01. The average Bonchev–Trinajstić information content (AvgIpc) is 2.81. The molecule has 0 heterocycles. The largest absolute Gasteiger partial charge is 0.754 e. The fourth-order valence-electron chi connectivity index (χ4n) is 4.05. The molecule has 3 aromatic carbocycles. The predicted octanol–water partition coefficient (Wildman–Crippen LogP) is 4.52. The predicted molar refractivity (Wildman–Crippen MR) is 137 cm³/mol. The van der Waals surface area contributed by atoms with Crippen LogP contribution in [0.25, 0.3) is 0 Å². The van der Waals surface area contributed by atoms with E-state index in [9.17, 15) is 9.46 Å². The molecule has 0 bridgehead atoms. The van der Waals surface area contributed by atoms with Crippen LogP contribution in [-0.4, -0.2) is 30.1 Å². The molecule has 7 heteroatoms. The Balaban J connectivity index is 2.01. The summed E-state index contributed by atoms with van der Waals surface area (Å²) >= 11 is 0. The van der Waals surface area contributed by atoms with Gasteiger partial charge in [-0.2, -0.15) is 4.31 Å². The van der Waals surface area contributed by atoms with Crippen LogP contribution in [0.4, 0.5) is 0 Å². The van der Waals surface area contributed by atoms with E-state index in [4.69, 9.17) is 8.83 Å². The minimum absolute atomic E-state index is 0.0372. The van der Waals surface area contributed by atoms with Crippen LogP contribution in [0.5, 0.6) is 0 Å². The number of phosphoric acid groups is 1. The highest BCUT2D eigenvalue weighted by molar-refractivity contribution is 7.94. The third-order valence-corrected chi connectivity index (χ3v) is 10.9. The summed E-state index contributed by atoms with van der Waals surface area (Å²) in [7, 11) is -7.65. The van der Waals surface area contributed by atoms with Crippen LogP contribution in [0.1, 0.15) is 27.7 Å². The van der Waals surface area contributed by atoms with E-state index in [1.165, 1.54) is 0 Å². The molecule has 0 spiro atoms. The van der Waals surface area contributed by atoms with Crippen molar-refractivity contribution >= 4 is 31.2 Å². The molecule has 0 saturated heterocycles. The van der Waals surface area contributed by atoms with Gasteiger partial charge >= 0.3 is 7.82 Å². The van der Waals surface area contributed by atoms with Gasteiger partial charge in [0.15, 0.2) is 0 Å². The van der Waals surface area contributed by atoms with Crippen molar-refractivity contribution in [3.05, 3.63) is 91.0 Å². The highest BCUT2D eigenvalue weighted by Crippen LogP contribution is 2.66. The Morgan fingerprint density at radius 3 is 1.45 bits per heavy atom. The number of rotatable bonds is 11. The molecule has 1 atom stereocenters. The van der Waals surface area contributed by atoms with Crippen molar-refractivity contribution in [1.82, 2.24) is 4.90 Å². The summed E-state index contributed by atoms with van der Waals surface area (Å²) in [4.78, 5) is 15.5. The standard InChI is InChI=1S/C26H33NO4P2/c1-22(2)27(23(3)4)20-21-30-33(28,29)31-32(24-14-8-5-9-15-24,25-16-10-6-11-17-25)26-18-12-7-13-19-26/h5-19,22-23H,20-21H2,1-4H3. The number of hydrogen-bond donors (Lipinski definition) is 0. The summed E-state index contributed by atoms with van der Waals surface area (Å²) < 4.78 is 24.9. The van der Waals surface area contributed by atoms with E-state index in [0.717, 1.165) is 15.9 Å².